The fourth-order valence-electron chi connectivity index (χ4n) is 1.94. The lowest BCUT2D eigenvalue weighted by Gasteiger charge is -2.30. The second-order valence-corrected chi connectivity index (χ2v) is 4.31. The van der Waals surface area contributed by atoms with Crippen LogP contribution in [0.5, 0.6) is 0 Å². The van der Waals surface area contributed by atoms with Crippen molar-refractivity contribution >= 4 is 5.91 Å². The summed E-state index contributed by atoms with van der Waals surface area (Å²) in [4.78, 5) is 13.5. The summed E-state index contributed by atoms with van der Waals surface area (Å²) in [6.07, 6.45) is 5.89. The Balaban J connectivity index is 1.78. The van der Waals surface area contributed by atoms with E-state index in [9.17, 15) is 4.79 Å². The minimum atomic E-state index is -0.215. The average molecular weight is 182 g/mol. The summed E-state index contributed by atoms with van der Waals surface area (Å²) in [5, 5.41) is 0. The van der Waals surface area contributed by atoms with E-state index in [0.29, 0.717) is 0 Å². The molecule has 0 aromatic rings. The van der Waals surface area contributed by atoms with Crippen LogP contribution >= 0.6 is 0 Å². The average Bonchev–Trinajstić information content (AvgIpc) is 2.91. The summed E-state index contributed by atoms with van der Waals surface area (Å²) in [5.74, 6) is 1.08. The molecular formula is C10H18N2O. The molecule has 0 aromatic heterocycles. The molecule has 1 amide bonds. The van der Waals surface area contributed by atoms with E-state index in [4.69, 9.17) is 5.73 Å². The van der Waals surface area contributed by atoms with E-state index in [0.717, 1.165) is 31.8 Å². The smallest absolute Gasteiger partial charge is 0.239 e. The van der Waals surface area contributed by atoms with Gasteiger partial charge in [-0.15, -0.1) is 0 Å². The normalized spacial score (nSPS) is 29.5. The first kappa shape index (κ1) is 9.00. The van der Waals surface area contributed by atoms with Gasteiger partial charge in [-0.05, 0) is 25.2 Å². The van der Waals surface area contributed by atoms with Crippen molar-refractivity contribution in [2.45, 2.75) is 38.1 Å². The van der Waals surface area contributed by atoms with Crippen LogP contribution in [-0.2, 0) is 4.79 Å². The number of carbonyl (C=O) groups is 1. The van der Waals surface area contributed by atoms with E-state index in [1.165, 1.54) is 19.3 Å². The lowest BCUT2D eigenvalue weighted by Crippen LogP contribution is -2.48. The number of piperidine rings is 1. The molecule has 1 saturated heterocycles. The zero-order valence-corrected chi connectivity index (χ0v) is 8.04. The maximum atomic E-state index is 11.6. The number of carbonyl (C=O) groups excluding carboxylic acids is 1. The van der Waals surface area contributed by atoms with Gasteiger partial charge in [0.25, 0.3) is 0 Å². The maximum Gasteiger partial charge on any atom is 0.239 e. The van der Waals surface area contributed by atoms with Crippen LogP contribution in [0.15, 0.2) is 0 Å². The number of hydrogen-bond acceptors (Lipinski definition) is 2. The standard InChI is InChI=1S/C10H18N2O/c11-9-2-1-6-12(10(9)13)7-5-8-3-4-8/h8-9H,1-7,11H2. The van der Waals surface area contributed by atoms with Gasteiger partial charge in [-0.3, -0.25) is 4.79 Å². The molecule has 0 spiro atoms. The summed E-state index contributed by atoms with van der Waals surface area (Å²) in [6.45, 7) is 1.87. The van der Waals surface area contributed by atoms with Gasteiger partial charge in [0.2, 0.25) is 5.91 Å². The van der Waals surface area contributed by atoms with Gasteiger partial charge in [-0.25, -0.2) is 0 Å². The molecule has 2 N–H and O–H groups in total. The van der Waals surface area contributed by atoms with Gasteiger partial charge in [0.1, 0.15) is 0 Å². The van der Waals surface area contributed by atoms with E-state index >= 15 is 0 Å². The summed E-state index contributed by atoms with van der Waals surface area (Å²) in [6, 6.07) is -0.215. The number of likely N-dealkylation sites (tertiary alicyclic amines) is 1. The quantitative estimate of drug-likeness (QED) is 0.699. The van der Waals surface area contributed by atoms with E-state index in [1.807, 2.05) is 4.90 Å². The van der Waals surface area contributed by atoms with Crippen molar-refractivity contribution in [1.29, 1.82) is 0 Å². The van der Waals surface area contributed by atoms with Crippen molar-refractivity contribution in [2.75, 3.05) is 13.1 Å². The van der Waals surface area contributed by atoms with Crippen molar-refractivity contribution in [3.63, 3.8) is 0 Å². The van der Waals surface area contributed by atoms with Crippen LogP contribution in [0.3, 0.4) is 0 Å². The monoisotopic (exact) mass is 182 g/mol. The Morgan fingerprint density at radius 1 is 1.38 bits per heavy atom. The van der Waals surface area contributed by atoms with Crippen LogP contribution < -0.4 is 5.73 Å². The van der Waals surface area contributed by atoms with Crippen LogP contribution in [-0.4, -0.2) is 29.9 Å². The summed E-state index contributed by atoms with van der Waals surface area (Å²) >= 11 is 0. The van der Waals surface area contributed by atoms with Gasteiger partial charge < -0.3 is 10.6 Å². The molecule has 1 aliphatic carbocycles. The minimum Gasteiger partial charge on any atom is -0.341 e. The topological polar surface area (TPSA) is 46.3 Å². The molecule has 1 unspecified atom stereocenters. The molecule has 2 rings (SSSR count). The van der Waals surface area contributed by atoms with Gasteiger partial charge in [0.05, 0.1) is 6.04 Å². The Morgan fingerprint density at radius 2 is 2.15 bits per heavy atom. The van der Waals surface area contributed by atoms with E-state index in [-0.39, 0.29) is 11.9 Å². The molecule has 1 saturated carbocycles. The minimum absolute atomic E-state index is 0.173. The molecule has 74 valence electrons. The highest BCUT2D eigenvalue weighted by Crippen LogP contribution is 2.32. The van der Waals surface area contributed by atoms with E-state index in [2.05, 4.69) is 0 Å². The predicted octanol–water partition coefficient (Wildman–Crippen LogP) is 0.736. The molecule has 1 aliphatic heterocycles. The lowest BCUT2D eigenvalue weighted by atomic mass is 10.1. The Kier molecular flexibility index (Phi) is 2.54. The fourth-order valence-corrected chi connectivity index (χ4v) is 1.94. The van der Waals surface area contributed by atoms with Crippen LogP contribution in [0.1, 0.15) is 32.1 Å². The highest BCUT2D eigenvalue weighted by atomic mass is 16.2. The third-order valence-corrected chi connectivity index (χ3v) is 3.08. The predicted molar refractivity (Wildman–Crippen MR) is 51.1 cm³/mol. The molecule has 1 heterocycles. The van der Waals surface area contributed by atoms with Crippen LogP contribution in [0.25, 0.3) is 0 Å². The summed E-state index contributed by atoms with van der Waals surface area (Å²) in [5.41, 5.74) is 5.70. The highest BCUT2D eigenvalue weighted by molar-refractivity contribution is 5.82. The number of nitrogens with zero attached hydrogens (tertiary/aromatic N) is 1. The third kappa shape index (κ3) is 2.21. The number of nitrogens with two attached hydrogens (primary N) is 1. The van der Waals surface area contributed by atoms with Gasteiger partial charge in [-0.2, -0.15) is 0 Å². The molecule has 3 heteroatoms. The lowest BCUT2D eigenvalue weighted by molar-refractivity contribution is -0.135. The fraction of sp³-hybridized carbons (Fsp3) is 0.900. The molecule has 0 bridgehead atoms. The first-order valence-corrected chi connectivity index (χ1v) is 5.32. The highest BCUT2D eigenvalue weighted by Gasteiger charge is 2.27. The Hall–Kier alpha value is -0.570. The zero-order valence-electron chi connectivity index (χ0n) is 8.04. The van der Waals surface area contributed by atoms with Crippen molar-refractivity contribution in [3.05, 3.63) is 0 Å². The van der Waals surface area contributed by atoms with Crippen LogP contribution in [0, 0.1) is 5.92 Å². The van der Waals surface area contributed by atoms with E-state index in [1.54, 1.807) is 0 Å². The van der Waals surface area contributed by atoms with Gasteiger partial charge in [0.15, 0.2) is 0 Å². The molecule has 0 aromatic carbocycles. The van der Waals surface area contributed by atoms with Gasteiger partial charge in [0, 0.05) is 13.1 Å². The Morgan fingerprint density at radius 3 is 2.85 bits per heavy atom. The molecule has 3 nitrogen and oxygen atoms in total. The SMILES string of the molecule is NC1CCCN(CCC2CC2)C1=O. The molecule has 0 radical (unpaired) electrons. The van der Waals surface area contributed by atoms with Crippen molar-refractivity contribution in [2.24, 2.45) is 11.7 Å². The molecule has 2 fully saturated rings. The second-order valence-electron chi connectivity index (χ2n) is 4.31. The van der Waals surface area contributed by atoms with Crippen molar-refractivity contribution in [3.8, 4) is 0 Å². The van der Waals surface area contributed by atoms with Gasteiger partial charge in [-0.1, -0.05) is 12.8 Å². The van der Waals surface area contributed by atoms with Crippen molar-refractivity contribution in [1.82, 2.24) is 4.90 Å². The largest absolute Gasteiger partial charge is 0.341 e. The van der Waals surface area contributed by atoms with E-state index < -0.39 is 0 Å². The Bertz CT molecular complexity index is 201. The summed E-state index contributed by atoms with van der Waals surface area (Å²) in [7, 11) is 0. The molecule has 1 atom stereocenters. The summed E-state index contributed by atoms with van der Waals surface area (Å²) < 4.78 is 0. The Labute approximate surface area is 79.3 Å². The maximum absolute atomic E-state index is 11.6. The first-order chi connectivity index (χ1) is 6.27. The zero-order chi connectivity index (χ0) is 9.26. The molecular weight excluding hydrogens is 164 g/mol. The second kappa shape index (κ2) is 3.66. The third-order valence-electron chi connectivity index (χ3n) is 3.08. The van der Waals surface area contributed by atoms with Crippen LogP contribution in [0.4, 0.5) is 0 Å². The first-order valence-electron chi connectivity index (χ1n) is 5.32. The number of amides is 1. The number of hydrogen-bond donors (Lipinski definition) is 1. The number of rotatable bonds is 3. The van der Waals surface area contributed by atoms with Crippen LogP contribution in [0.2, 0.25) is 0 Å². The van der Waals surface area contributed by atoms with Crippen molar-refractivity contribution < 1.29 is 4.79 Å². The molecule has 13 heavy (non-hydrogen) atoms. The van der Waals surface area contributed by atoms with Gasteiger partial charge >= 0.3 is 0 Å². The molecule has 2 aliphatic rings.